The van der Waals surface area contributed by atoms with Crippen LogP contribution in [0, 0.1) is 5.92 Å². The Hall–Kier alpha value is -1.07. The summed E-state index contributed by atoms with van der Waals surface area (Å²) in [4.78, 5) is 14.8. The lowest BCUT2D eigenvalue weighted by Gasteiger charge is -2.44. The number of carbonyl (C=O) groups is 1. The molecule has 23 heavy (non-hydrogen) atoms. The Bertz CT molecular complexity index is 599. The maximum absolute atomic E-state index is 12.4. The van der Waals surface area contributed by atoms with Crippen LogP contribution < -0.4 is 5.32 Å². The average molecular weight is 379 g/mol. The topological polar surface area (TPSA) is 41.6 Å². The Balaban J connectivity index is 1.40. The number of alkyl carbamates (subject to hydrolysis) is 1. The van der Waals surface area contributed by atoms with Gasteiger partial charge in [0.2, 0.25) is 0 Å². The van der Waals surface area contributed by atoms with Crippen molar-refractivity contribution in [2.45, 2.75) is 44.2 Å². The number of carbonyl (C=O) groups excluding carboxylic acids is 1. The molecule has 3 fully saturated rings. The first-order valence-electron chi connectivity index (χ1n) is 8.67. The van der Waals surface area contributed by atoms with Gasteiger partial charge in [-0.25, -0.2) is 4.79 Å². The lowest BCUT2D eigenvalue weighted by Crippen LogP contribution is -2.52. The summed E-state index contributed by atoms with van der Waals surface area (Å²) in [7, 11) is 0. The van der Waals surface area contributed by atoms with Crippen LogP contribution in [0.1, 0.15) is 42.9 Å². The SMILES string of the molecule is O=C(NC1CCCc2cc(Br)ccc21)O[C@@H]1CN2CCC1CC2. The lowest BCUT2D eigenvalue weighted by molar-refractivity contribution is -0.0340. The Kier molecular flexibility index (Phi) is 4.33. The van der Waals surface area contributed by atoms with Crippen LogP contribution >= 0.6 is 15.9 Å². The first-order valence-corrected chi connectivity index (χ1v) is 9.46. The van der Waals surface area contributed by atoms with Gasteiger partial charge < -0.3 is 10.1 Å². The fourth-order valence-electron chi connectivity index (χ4n) is 4.29. The third kappa shape index (κ3) is 3.26. The molecular weight excluding hydrogens is 356 g/mol. The van der Waals surface area contributed by atoms with Crippen LogP contribution in [-0.4, -0.2) is 36.7 Å². The van der Waals surface area contributed by atoms with Gasteiger partial charge in [0.25, 0.3) is 0 Å². The molecule has 5 rings (SSSR count). The average Bonchev–Trinajstić information content (AvgIpc) is 2.56. The normalized spacial score (nSPS) is 32.2. The van der Waals surface area contributed by atoms with E-state index in [0.29, 0.717) is 5.92 Å². The molecule has 2 bridgehead atoms. The molecule has 1 unspecified atom stereocenters. The first-order chi connectivity index (χ1) is 11.2. The molecular formula is C18H23BrN2O2. The number of halogens is 1. The molecule has 4 aliphatic rings. The Morgan fingerprint density at radius 3 is 2.83 bits per heavy atom. The summed E-state index contributed by atoms with van der Waals surface area (Å²) in [6, 6.07) is 6.43. The Morgan fingerprint density at radius 2 is 2.09 bits per heavy atom. The van der Waals surface area contributed by atoms with E-state index in [1.54, 1.807) is 0 Å². The minimum Gasteiger partial charge on any atom is -0.445 e. The van der Waals surface area contributed by atoms with Gasteiger partial charge in [-0.1, -0.05) is 22.0 Å². The quantitative estimate of drug-likeness (QED) is 0.853. The highest BCUT2D eigenvalue weighted by Crippen LogP contribution is 2.33. The molecule has 4 nitrogen and oxygen atoms in total. The molecule has 1 aromatic carbocycles. The molecule has 1 amide bonds. The summed E-state index contributed by atoms with van der Waals surface area (Å²) in [5.41, 5.74) is 2.57. The number of hydrogen-bond donors (Lipinski definition) is 1. The van der Waals surface area contributed by atoms with E-state index in [-0.39, 0.29) is 18.2 Å². The summed E-state index contributed by atoms with van der Waals surface area (Å²) < 4.78 is 6.87. The van der Waals surface area contributed by atoms with Crippen molar-refractivity contribution in [2.24, 2.45) is 5.92 Å². The molecule has 0 radical (unpaired) electrons. The van der Waals surface area contributed by atoms with Gasteiger partial charge >= 0.3 is 6.09 Å². The van der Waals surface area contributed by atoms with E-state index in [1.807, 2.05) is 0 Å². The van der Waals surface area contributed by atoms with Gasteiger partial charge in [-0.2, -0.15) is 0 Å². The standard InChI is InChI=1S/C18H23BrN2O2/c19-14-4-5-15-13(10-14)2-1-3-16(15)20-18(22)23-17-11-21-8-6-12(17)7-9-21/h4-5,10,12,16-17H,1-3,6-9,11H2,(H,20,22)/t16?,17-/m1/s1. The third-order valence-corrected chi connectivity index (χ3v) is 6.06. The maximum Gasteiger partial charge on any atom is 0.407 e. The lowest BCUT2D eigenvalue weighted by atomic mass is 9.86. The predicted molar refractivity (Wildman–Crippen MR) is 92.4 cm³/mol. The molecule has 1 N–H and O–H groups in total. The highest BCUT2D eigenvalue weighted by molar-refractivity contribution is 9.10. The van der Waals surface area contributed by atoms with Gasteiger partial charge in [-0.15, -0.1) is 0 Å². The number of nitrogens with one attached hydrogen (secondary N) is 1. The summed E-state index contributed by atoms with van der Waals surface area (Å²) in [5, 5.41) is 3.11. The number of rotatable bonds is 2. The molecule has 5 heteroatoms. The van der Waals surface area contributed by atoms with Gasteiger partial charge in [-0.05, 0) is 74.4 Å². The van der Waals surface area contributed by atoms with Crippen LogP contribution in [-0.2, 0) is 11.2 Å². The molecule has 0 aromatic heterocycles. The van der Waals surface area contributed by atoms with E-state index in [4.69, 9.17) is 4.74 Å². The van der Waals surface area contributed by atoms with Crippen molar-refractivity contribution in [3.05, 3.63) is 33.8 Å². The van der Waals surface area contributed by atoms with E-state index in [0.717, 1.165) is 56.2 Å². The van der Waals surface area contributed by atoms with Gasteiger partial charge in [0.1, 0.15) is 6.10 Å². The zero-order chi connectivity index (χ0) is 15.8. The summed E-state index contributed by atoms with van der Waals surface area (Å²) in [5.74, 6) is 0.556. The fourth-order valence-corrected chi connectivity index (χ4v) is 4.70. The largest absolute Gasteiger partial charge is 0.445 e. The maximum atomic E-state index is 12.4. The van der Waals surface area contributed by atoms with Crippen molar-refractivity contribution >= 4 is 22.0 Å². The zero-order valence-corrected chi connectivity index (χ0v) is 14.8. The van der Waals surface area contributed by atoms with Crippen LogP contribution in [0.4, 0.5) is 4.79 Å². The number of amides is 1. The minimum atomic E-state index is -0.246. The minimum absolute atomic E-state index is 0.0745. The fraction of sp³-hybridized carbons (Fsp3) is 0.611. The Morgan fingerprint density at radius 1 is 1.26 bits per heavy atom. The predicted octanol–water partition coefficient (Wildman–Crippen LogP) is 3.65. The van der Waals surface area contributed by atoms with Crippen LogP contribution in [0.3, 0.4) is 0 Å². The molecule has 3 aliphatic heterocycles. The third-order valence-electron chi connectivity index (χ3n) is 5.57. The Labute approximate surface area is 145 Å². The van der Waals surface area contributed by atoms with E-state index in [1.165, 1.54) is 11.1 Å². The number of fused-ring (bicyclic) bond motifs is 4. The monoisotopic (exact) mass is 378 g/mol. The van der Waals surface area contributed by atoms with Crippen LogP contribution in [0.15, 0.2) is 22.7 Å². The molecule has 2 atom stereocenters. The number of hydrogen-bond acceptors (Lipinski definition) is 3. The highest BCUT2D eigenvalue weighted by atomic mass is 79.9. The zero-order valence-electron chi connectivity index (χ0n) is 13.3. The molecule has 3 saturated heterocycles. The summed E-state index contributed by atoms with van der Waals surface area (Å²) in [6.45, 7) is 3.24. The van der Waals surface area contributed by atoms with E-state index in [9.17, 15) is 4.79 Å². The number of benzene rings is 1. The molecule has 124 valence electrons. The first kappa shape index (κ1) is 15.5. The van der Waals surface area contributed by atoms with E-state index in [2.05, 4.69) is 44.3 Å². The number of nitrogens with zero attached hydrogens (tertiary/aromatic N) is 1. The van der Waals surface area contributed by atoms with Crippen LogP contribution in [0.25, 0.3) is 0 Å². The van der Waals surface area contributed by atoms with Crippen molar-refractivity contribution in [1.29, 1.82) is 0 Å². The van der Waals surface area contributed by atoms with Crippen molar-refractivity contribution in [2.75, 3.05) is 19.6 Å². The van der Waals surface area contributed by atoms with Gasteiger partial charge in [0, 0.05) is 11.0 Å². The van der Waals surface area contributed by atoms with Crippen LogP contribution in [0.5, 0.6) is 0 Å². The van der Waals surface area contributed by atoms with E-state index < -0.39 is 0 Å². The number of piperidine rings is 3. The second kappa shape index (κ2) is 6.44. The smallest absolute Gasteiger partial charge is 0.407 e. The number of aryl methyl sites for hydroxylation is 1. The molecule has 3 heterocycles. The molecule has 1 aromatic rings. The van der Waals surface area contributed by atoms with Crippen molar-refractivity contribution in [3.8, 4) is 0 Å². The van der Waals surface area contributed by atoms with Crippen molar-refractivity contribution in [3.63, 3.8) is 0 Å². The van der Waals surface area contributed by atoms with Crippen LogP contribution in [0.2, 0.25) is 0 Å². The molecule has 0 saturated carbocycles. The summed E-state index contributed by atoms with van der Waals surface area (Å²) in [6.07, 6.45) is 5.34. The molecule has 0 spiro atoms. The van der Waals surface area contributed by atoms with Crippen molar-refractivity contribution in [1.82, 2.24) is 10.2 Å². The van der Waals surface area contributed by atoms with Gasteiger partial charge in [0.05, 0.1) is 6.04 Å². The highest BCUT2D eigenvalue weighted by Gasteiger charge is 2.36. The van der Waals surface area contributed by atoms with E-state index >= 15 is 0 Å². The number of ether oxygens (including phenoxy) is 1. The van der Waals surface area contributed by atoms with Gasteiger partial charge in [0.15, 0.2) is 0 Å². The summed E-state index contributed by atoms with van der Waals surface area (Å²) >= 11 is 3.53. The second-order valence-electron chi connectivity index (χ2n) is 7.01. The van der Waals surface area contributed by atoms with Crippen molar-refractivity contribution < 1.29 is 9.53 Å². The molecule has 1 aliphatic carbocycles. The van der Waals surface area contributed by atoms with Gasteiger partial charge in [-0.3, -0.25) is 4.90 Å². The second-order valence-corrected chi connectivity index (χ2v) is 7.93.